The van der Waals surface area contributed by atoms with Crippen LogP contribution in [0, 0.1) is 15.9 Å². The molecule has 0 bridgehead atoms. The Kier molecular flexibility index (Phi) is 6.36. The van der Waals surface area contributed by atoms with E-state index in [1.165, 1.54) is 18.3 Å². The normalized spacial score (nSPS) is 11.7. The molecule has 4 rings (SSSR count). The molecule has 2 N–H and O–H groups in total. The van der Waals surface area contributed by atoms with Gasteiger partial charge in [-0.25, -0.2) is 9.37 Å². The predicted molar refractivity (Wildman–Crippen MR) is 117 cm³/mol. The lowest BCUT2D eigenvalue weighted by atomic mass is 10.2. The standard InChI is InChI=1S/C21H15FN4O6S/c22-15-5-4-13(26(29)30)9-16(15)25-20(28)14-2-1-7-23-21(14)33-10-19(27)24-12-3-6-17-18(8-12)32-11-31-17/h1-9H,10-11H2,(H,24,27)(H,25,28). The second kappa shape index (κ2) is 9.53. The van der Waals surface area contributed by atoms with Crippen LogP contribution in [0.3, 0.4) is 0 Å². The first-order valence-electron chi connectivity index (χ1n) is 9.43. The number of nitrogens with one attached hydrogen (secondary N) is 2. The SMILES string of the molecule is O=C(CSc1ncccc1C(=O)Nc1cc([N+](=O)[O-])ccc1F)Nc1ccc2c(c1)OCO2. The zero-order valence-electron chi connectivity index (χ0n) is 16.7. The molecule has 0 radical (unpaired) electrons. The Morgan fingerprint density at radius 2 is 1.94 bits per heavy atom. The number of amides is 2. The number of nitro benzene ring substituents is 1. The summed E-state index contributed by atoms with van der Waals surface area (Å²) in [6.07, 6.45) is 1.45. The third kappa shape index (κ3) is 5.18. The maximum Gasteiger partial charge on any atom is 0.271 e. The Hall–Kier alpha value is -4.19. The van der Waals surface area contributed by atoms with Crippen molar-refractivity contribution in [2.24, 2.45) is 0 Å². The molecule has 12 heteroatoms. The van der Waals surface area contributed by atoms with Crippen LogP contribution in [0.2, 0.25) is 0 Å². The van der Waals surface area contributed by atoms with Gasteiger partial charge in [0, 0.05) is 30.1 Å². The van der Waals surface area contributed by atoms with E-state index in [1.54, 1.807) is 18.2 Å². The lowest BCUT2D eigenvalue weighted by Gasteiger charge is -2.10. The molecule has 3 aromatic rings. The maximum absolute atomic E-state index is 14.0. The number of nitro groups is 1. The minimum atomic E-state index is -0.824. The predicted octanol–water partition coefficient (Wildman–Crippen LogP) is 3.84. The third-order valence-corrected chi connectivity index (χ3v) is 5.43. The Balaban J connectivity index is 1.42. The number of aromatic nitrogens is 1. The fraction of sp³-hybridized carbons (Fsp3) is 0.0952. The number of nitrogens with zero attached hydrogens (tertiary/aromatic N) is 2. The summed E-state index contributed by atoms with van der Waals surface area (Å²) in [5, 5.41) is 16.2. The van der Waals surface area contributed by atoms with Crippen LogP contribution in [-0.4, -0.2) is 34.3 Å². The summed E-state index contributed by atoms with van der Waals surface area (Å²) >= 11 is 1.01. The third-order valence-electron chi connectivity index (χ3n) is 4.42. The summed E-state index contributed by atoms with van der Waals surface area (Å²) in [6, 6.07) is 10.8. The number of pyridine rings is 1. The number of anilines is 2. The highest BCUT2D eigenvalue weighted by molar-refractivity contribution is 8.00. The largest absolute Gasteiger partial charge is 0.454 e. The molecule has 0 fully saturated rings. The number of ether oxygens (including phenoxy) is 2. The van der Waals surface area contributed by atoms with E-state index in [4.69, 9.17) is 9.47 Å². The fourth-order valence-corrected chi connectivity index (χ4v) is 3.69. The Morgan fingerprint density at radius 3 is 2.76 bits per heavy atom. The molecule has 2 heterocycles. The molecule has 10 nitrogen and oxygen atoms in total. The molecule has 0 unspecified atom stereocenters. The number of benzene rings is 2. The molecule has 0 saturated carbocycles. The molecule has 2 amide bonds. The molecule has 33 heavy (non-hydrogen) atoms. The number of non-ortho nitro benzene ring substituents is 1. The monoisotopic (exact) mass is 470 g/mol. The average Bonchev–Trinajstić information content (AvgIpc) is 3.27. The zero-order valence-corrected chi connectivity index (χ0v) is 17.6. The van der Waals surface area contributed by atoms with Crippen molar-refractivity contribution in [3.63, 3.8) is 0 Å². The van der Waals surface area contributed by atoms with Crippen molar-refractivity contribution < 1.29 is 28.4 Å². The van der Waals surface area contributed by atoms with E-state index >= 15 is 0 Å². The van der Waals surface area contributed by atoms with Crippen molar-refractivity contribution in [1.29, 1.82) is 0 Å². The van der Waals surface area contributed by atoms with Crippen LogP contribution < -0.4 is 20.1 Å². The topological polar surface area (TPSA) is 133 Å². The van der Waals surface area contributed by atoms with Gasteiger partial charge in [-0.05, 0) is 30.3 Å². The highest BCUT2D eigenvalue weighted by Crippen LogP contribution is 2.34. The van der Waals surface area contributed by atoms with Crippen LogP contribution in [0.25, 0.3) is 0 Å². The van der Waals surface area contributed by atoms with Crippen molar-refractivity contribution in [2.75, 3.05) is 23.2 Å². The van der Waals surface area contributed by atoms with Crippen molar-refractivity contribution in [2.45, 2.75) is 5.03 Å². The highest BCUT2D eigenvalue weighted by atomic mass is 32.2. The van der Waals surface area contributed by atoms with E-state index < -0.39 is 16.6 Å². The molecular formula is C21H15FN4O6S. The molecule has 1 aliphatic rings. The highest BCUT2D eigenvalue weighted by Gasteiger charge is 2.19. The summed E-state index contributed by atoms with van der Waals surface area (Å²) < 4.78 is 24.5. The number of rotatable bonds is 7. The molecule has 0 aliphatic carbocycles. The van der Waals surface area contributed by atoms with Crippen LogP contribution in [0.4, 0.5) is 21.5 Å². The Bertz CT molecular complexity index is 1260. The smallest absolute Gasteiger partial charge is 0.271 e. The van der Waals surface area contributed by atoms with Crippen molar-refractivity contribution >= 4 is 40.6 Å². The van der Waals surface area contributed by atoms with E-state index in [1.807, 2.05) is 0 Å². The Morgan fingerprint density at radius 1 is 1.12 bits per heavy atom. The van der Waals surface area contributed by atoms with Crippen LogP contribution in [0.15, 0.2) is 59.8 Å². The number of fused-ring (bicyclic) bond motifs is 1. The van der Waals surface area contributed by atoms with E-state index in [0.717, 1.165) is 30.0 Å². The molecule has 1 aliphatic heterocycles. The van der Waals surface area contributed by atoms with E-state index in [-0.39, 0.29) is 40.4 Å². The Labute approximate surface area is 190 Å². The van der Waals surface area contributed by atoms with E-state index in [9.17, 15) is 24.1 Å². The maximum atomic E-state index is 14.0. The van der Waals surface area contributed by atoms with Crippen LogP contribution >= 0.6 is 11.8 Å². The number of hydrogen-bond acceptors (Lipinski definition) is 8. The minimum absolute atomic E-state index is 0.0586. The second-order valence-electron chi connectivity index (χ2n) is 6.64. The van der Waals surface area contributed by atoms with Crippen molar-refractivity contribution in [3.05, 3.63) is 76.2 Å². The van der Waals surface area contributed by atoms with E-state index in [0.29, 0.717) is 17.2 Å². The molecule has 0 saturated heterocycles. The van der Waals surface area contributed by atoms with Gasteiger partial charge in [0.2, 0.25) is 12.7 Å². The van der Waals surface area contributed by atoms with E-state index in [2.05, 4.69) is 15.6 Å². The van der Waals surface area contributed by atoms with Gasteiger partial charge in [-0.2, -0.15) is 0 Å². The first kappa shape index (κ1) is 22.0. The van der Waals surface area contributed by atoms with Gasteiger partial charge in [-0.1, -0.05) is 11.8 Å². The average molecular weight is 470 g/mol. The lowest BCUT2D eigenvalue weighted by Crippen LogP contribution is -2.17. The summed E-state index contributed by atoms with van der Waals surface area (Å²) in [7, 11) is 0. The van der Waals surface area contributed by atoms with Crippen LogP contribution in [0.5, 0.6) is 11.5 Å². The quantitative estimate of drug-likeness (QED) is 0.302. The van der Waals surface area contributed by atoms with Crippen molar-refractivity contribution in [1.82, 2.24) is 4.98 Å². The molecule has 168 valence electrons. The summed E-state index contributed by atoms with van der Waals surface area (Å²) in [4.78, 5) is 39.4. The number of carbonyl (C=O) groups is 2. The molecular weight excluding hydrogens is 455 g/mol. The van der Waals surface area contributed by atoms with Gasteiger partial charge in [-0.15, -0.1) is 0 Å². The van der Waals surface area contributed by atoms with Gasteiger partial charge < -0.3 is 20.1 Å². The van der Waals surface area contributed by atoms with Gasteiger partial charge in [0.25, 0.3) is 11.6 Å². The van der Waals surface area contributed by atoms with Gasteiger partial charge >= 0.3 is 0 Å². The second-order valence-corrected chi connectivity index (χ2v) is 7.60. The molecule has 2 aromatic carbocycles. The first-order chi connectivity index (χ1) is 15.9. The zero-order chi connectivity index (χ0) is 23.4. The molecule has 0 spiro atoms. The number of thioether (sulfide) groups is 1. The summed E-state index contributed by atoms with van der Waals surface area (Å²) in [5.41, 5.74) is -0.100. The van der Waals surface area contributed by atoms with Crippen LogP contribution in [-0.2, 0) is 4.79 Å². The first-order valence-corrected chi connectivity index (χ1v) is 10.4. The van der Waals surface area contributed by atoms with Crippen molar-refractivity contribution in [3.8, 4) is 11.5 Å². The number of carbonyl (C=O) groups excluding carboxylic acids is 2. The molecule has 0 atom stereocenters. The summed E-state index contributed by atoms with van der Waals surface area (Å²) in [6.45, 7) is 0.118. The van der Waals surface area contributed by atoms with Gasteiger partial charge in [0.05, 0.1) is 21.9 Å². The van der Waals surface area contributed by atoms with Gasteiger partial charge in [-0.3, -0.25) is 19.7 Å². The molecule has 1 aromatic heterocycles. The fourth-order valence-electron chi connectivity index (χ4n) is 2.90. The summed E-state index contributed by atoms with van der Waals surface area (Å²) in [5.74, 6) is -0.835. The number of halogens is 1. The van der Waals surface area contributed by atoms with Crippen LogP contribution in [0.1, 0.15) is 10.4 Å². The lowest BCUT2D eigenvalue weighted by molar-refractivity contribution is -0.384. The minimum Gasteiger partial charge on any atom is -0.454 e. The number of hydrogen-bond donors (Lipinski definition) is 2. The van der Waals surface area contributed by atoms with Gasteiger partial charge in [0.15, 0.2) is 11.5 Å². The van der Waals surface area contributed by atoms with Gasteiger partial charge in [0.1, 0.15) is 10.8 Å².